The molecule has 0 spiro atoms. The van der Waals surface area contributed by atoms with Crippen LogP contribution in [-0.2, 0) is 10.0 Å². The van der Waals surface area contributed by atoms with Crippen molar-refractivity contribution in [3.05, 3.63) is 29.8 Å². The maximum absolute atomic E-state index is 12.0. The summed E-state index contributed by atoms with van der Waals surface area (Å²) in [6.07, 6.45) is 0.742. The number of nitrogens with one attached hydrogen (secondary N) is 1. The number of benzene rings is 1. The van der Waals surface area contributed by atoms with Gasteiger partial charge in [-0.05, 0) is 43.5 Å². The van der Waals surface area contributed by atoms with Gasteiger partial charge in [0, 0.05) is 6.04 Å². The number of carboxylic acids is 1. The number of sulfonamides is 1. The maximum Gasteiger partial charge on any atom is 0.335 e. The van der Waals surface area contributed by atoms with Crippen molar-refractivity contribution in [3.8, 4) is 0 Å². The van der Waals surface area contributed by atoms with E-state index in [9.17, 15) is 13.2 Å². The summed E-state index contributed by atoms with van der Waals surface area (Å²) in [5.41, 5.74) is 0.0641. The molecule has 1 unspecified atom stereocenters. The Labute approximate surface area is 113 Å². The third kappa shape index (κ3) is 4.65. The largest absolute Gasteiger partial charge is 0.478 e. The first-order valence-electron chi connectivity index (χ1n) is 6.08. The smallest absolute Gasteiger partial charge is 0.335 e. The van der Waals surface area contributed by atoms with Gasteiger partial charge in [-0.15, -0.1) is 0 Å². The Bertz CT molecular complexity index is 534. The number of aromatic carboxylic acids is 1. The molecule has 0 aliphatic heterocycles. The van der Waals surface area contributed by atoms with E-state index in [2.05, 4.69) is 4.72 Å². The maximum atomic E-state index is 12.0. The van der Waals surface area contributed by atoms with Crippen LogP contribution < -0.4 is 4.72 Å². The van der Waals surface area contributed by atoms with Crippen LogP contribution in [0.2, 0.25) is 0 Å². The lowest BCUT2D eigenvalue weighted by molar-refractivity contribution is 0.0696. The normalized spacial score (nSPS) is 13.5. The highest BCUT2D eigenvalue weighted by Gasteiger charge is 2.18. The highest BCUT2D eigenvalue weighted by molar-refractivity contribution is 7.89. The first-order valence-corrected chi connectivity index (χ1v) is 7.56. The molecule has 0 saturated carbocycles. The summed E-state index contributed by atoms with van der Waals surface area (Å²) < 4.78 is 26.7. The predicted molar refractivity (Wildman–Crippen MR) is 72.6 cm³/mol. The Morgan fingerprint density at radius 3 is 2.16 bits per heavy atom. The predicted octanol–water partition coefficient (Wildman–Crippen LogP) is 2.10. The molecule has 0 aromatic heterocycles. The van der Waals surface area contributed by atoms with Crippen LogP contribution in [0.1, 0.15) is 37.6 Å². The van der Waals surface area contributed by atoms with Crippen LogP contribution in [0.5, 0.6) is 0 Å². The number of carboxylic acid groups (broad SMARTS) is 1. The highest BCUT2D eigenvalue weighted by Crippen LogP contribution is 2.13. The van der Waals surface area contributed by atoms with E-state index in [0.717, 1.165) is 6.42 Å². The molecule has 2 N–H and O–H groups in total. The molecule has 0 aliphatic carbocycles. The van der Waals surface area contributed by atoms with Crippen molar-refractivity contribution < 1.29 is 18.3 Å². The second-order valence-electron chi connectivity index (χ2n) is 4.98. The van der Waals surface area contributed by atoms with Gasteiger partial charge >= 0.3 is 5.97 Å². The molecule has 1 atom stereocenters. The van der Waals surface area contributed by atoms with Crippen molar-refractivity contribution in [2.45, 2.75) is 38.1 Å². The van der Waals surface area contributed by atoms with Crippen LogP contribution in [-0.4, -0.2) is 25.5 Å². The lowest BCUT2D eigenvalue weighted by Crippen LogP contribution is -2.33. The minimum atomic E-state index is -3.59. The first-order chi connectivity index (χ1) is 8.72. The molecule has 0 saturated heterocycles. The highest BCUT2D eigenvalue weighted by atomic mass is 32.2. The molecular formula is C13H19NO4S. The first kappa shape index (κ1) is 15.7. The molecule has 0 aliphatic rings. The zero-order chi connectivity index (χ0) is 14.6. The summed E-state index contributed by atoms with van der Waals surface area (Å²) in [5.74, 6) is -0.683. The van der Waals surface area contributed by atoms with E-state index < -0.39 is 16.0 Å². The van der Waals surface area contributed by atoms with Crippen LogP contribution in [0.25, 0.3) is 0 Å². The van der Waals surface area contributed by atoms with Gasteiger partial charge in [0.15, 0.2) is 0 Å². The summed E-state index contributed by atoms with van der Waals surface area (Å²) in [6, 6.07) is 5.00. The fourth-order valence-electron chi connectivity index (χ4n) is 1.86. The third-order valence-electron chi connectivity index (χ3n) is 2.59. The Morgan fingerprint density at radius 2 is 1.74 bits per heavy atom. The number of hydrogen-bond donors (Lipinski definition) is 2. The summed E-state index contributed by atoms with van der Waals surface area (Å²) in [7, 11) is -3.59. The summed E-state index contributed by atoms with van der Waals surface area (Å²) in [4.78, 5) is 10.8. The van der Waals surface area contributed by atoms with Crippen LogP contribution >= 0.6 is 0 Å². The van der Waals surface area contributed by atoms with Gasteiger partial charge in [0.25, 0.3) is 0 Å². The second kappa shape index (κ2) is 6.16. The SMILES string of the molecule is CC(C)CC(C)NS(=O)(=O)c1ccc(C(=O)O)cc1. The van der Waals surface area contributed by atoms with Crippen molar-refractivity contribution >= 4 is 16.0 Å². The van der Waals surface area contributed by atoms with Gasteiger partial charge in [0.05, 0.1) is 10.5 Å². The van der Waals surface area contributed by atoms with E-state index in [0.29, 0.717) is 5.92 Å². The molecule has 0 amide bonds. The van der Waals surface area contributed by atoms with E-state index in [1.807, 2.05) is 20.8 Å². The molecule has 1 rings (SSSR count). The molecule has 1 aromatic carbocycles. The summed E-state index contributed by atoms with van der Waals surface area (Å²) >= 11 is 0. The Hall–Kier alpha value is -1.40. The van der Waals surface area contributed by atoms with Crippen molar-refractivity contribution in [1.82, 2.24) is 4.72 Å². The molecule has 0 bridgehead atoms. The monoisotopic (exact) mass is 285 g/mol. The minimum absolute atomic E-state index is 0.0641. The van der Waals surface area contributed by atoms with Gasteiger partial charge in [-0.3, -0.25) is 0 Å². The van der Waals surface area contributed by atoms with E-state index in [1.54, 1.807) is 0 Å². The molecular weight excluding hydrogens is 266 g/mol. The molecule has 19 heavy (non-hydrogen) atoms. The van der Waals surface area contributed by atoms with Gasteiger partial charge in [0.1, 0.15) is 0 Å². The van der Waals surface area contributed by atoms with Gasteiger partial charge in [-0.25, -0.2) is 17.9 Å². The lowest BCUT2D eigenvalue weighted by Gasteiger charge is -2.16. The molecule has 0 fully saturated rings. The Kier molecular flexibility index (Phi) is 5.08. The molecule has 106 valence electrons. The van der Waals surface area contributed by atoms with Gasteiger partial charge in [-0.2, -0.15) is 0 Å². The van der Waals surface area contributed by atoms with Crippen molar-refractivity contribution in [2.75, 3.05) is 0 Å². The van der Waals surface area contributed by atoms with Crippen LogP contribution in [0.4, 0.5) is 0 Å². The van der Waals surface area contributed by atoms with Crippen LogP contribution in [0.15, 0.2) is 29.2 Å². The second-order valence-corrected chi connectivity index (χ2v) is 6.70. The molecule has 0 radical (unpaired) electrons. The van der Waals surface area contributed by atoms with Gasteiger partial charge in [0.2, 0.25) is 10.0 Å². The average Bonchev–Trinajstić information content (AvgIpc) is 2.27. The van der Waals surface area contributed by atoms with Crippen LogP contribution in [0, 0.1) is 5.92 Å². The third-order valence-corrected chi connectivity index (χ3v) is 4.20. The van der Waals surface area contributed by atoms with E-state index in [1.165, 1.54) is 24.3 Å². The average molecular weight is 285 g/mol. The quantitative estimate of drug-likeness (QED) is 0.838. The molecule has 0 heterocycles. The Morgan fingerprint density at radius 1 is 1.21 bits per heavy atom. The molecule has 1 aromatic rings. The van der Waals surface area contributed by atoms with Crippen molar-refractivity contribution in [1.29, 1.82) is 0 Å². The minimum Gasteiger partial charge on any atom is -0.478 e. The van der Waals surface area contributed by atoms with Crippen LogP contribution in [0.3, 0.4) is 0 Å². The summed E-state index contributed by atoms with van der Waals surface area (Å²) in [5, 5.41) is 8.76. The van der Waals surface area contributed by atoms with Crippen molar-refractivity contribution in [3.63, 3.8) is 0 Å². The van der Waals surface area contributed by atoms with Gasteiger partial charge in [-0.1, -0.05) is 13.8 Å². The lowest BCUT2D eigenvalue weighted by atomic mass is 10.1. The fraction of sp³-hybridized carbons (Fsp3) is 0.462. The van der Waals surface area contributed by atoms with Gasteiger partial charge < -0.3 is 5.11 Å². The fourth-order valence-corrected chi connectivity index (χ4v) is 3.12. The standard InChI is InChI=1S/C13H19NO4S/c1-9(2)8-10(3)14-19(17,18)12-6-4-11(5-7-12)13(15)16/h4-7,9-10,14H,8H2,1-3H3,(H,15,16). The number of carbonyl (C=O) groups is 1. The zero-order valence-electron chi connectivity index (χ0n) is 11.3. The summed E-state index contributed by atoms with van der Waals surface area (Å²) in [6.45, 7) is 5.85. The number of rotatable bonds is 6. The van der Waals surface area contributed by atoms with Crippen molar-refractivity contribution in [2.24, 2.45) is 5.92 Å². The number of hydrogen-bond acceptors (Lipinski definition) is 3. The zero-order valence-corrected chi connectivity index (χ0v) is 12.1. The van der Waals surface area contributed by atoms with E-state index >= 15 is 0 Å². The Balaban J connectivity index is 2.85. The van der Waals surface area contributed by atoms with E-state index in [-0.39, 0.29) is 16.5 Å². The van der Waals surface area contributed by atoms with E-state index in [4.69, 9.17) is 5.11 Å². The topological polar surface area (TPSA) is 83.5 Å². The molecule has 5 nitrogen and oxygen atoms in total. The molecule has 6 heteroatoms.